The van der Waals surface area contributed by atoms with E-state index in [0.29, 0.717) is 0 Å². The van der Waals surface area contributed by atoms with Gasteiger partial charge in [-0.2, -0.15) is 0 Å². The Bertz CT molecular complexity index is 348. The van der Waals surface area contributed by atoms with E-state index >= 15 is 0 Å². The van der Waals surface area contributed by atoms with Crippen LogP contribution in [-0.4, -0.2) is 18.9 Å². The first-order valence-corrected chi connectivity index (χ1v) is 8.33. The highest BCUT2D eigenvalue weighted by Crippen LogP contribution is 2.65. The van der Waals surface area contributed by atoms with E-state index in [0.717, 1.165) is 30.6 Å². The third-order valence-corrected chi connectivity index (χ3v) is 6.59. The van der Waals surface area contributed by atoms with Gasteiger partial charge in [0.1, 0.15) is 5.60 Å². The molecule has 0 amide bonds. The molecular formula is C17H28O3. The molecule has 0 spiro atoms. The van der Waals surface area contributed by atoms with Gasteiger partial charge in [-0.25, -0.2) is 4.79 Å². The molecule has 4 fully saturated rings. The van der Waals surface area contributed by atoms with Crippen LogP contribution in [0.5, 0.6) is 0 Å². The summed E-state index contributed by atoms with van der Waals surface area (Å²) >= 11 is 0. The summed E-state index contributed by atoms with van der Waals surface area (Å²) in [5, 5.41) is 0. The zero-order valence-electron chi connectivity index (χ0n) is 13.1. The van der Waals surface area contributed by atoms with Gasteiger partial charge in [-0.3, -0.25) is 0 Å². The molecule has 0 aromatic heterocycles. The van der Waals surface area contributed by atoms with Gasteiger partial charge in [0.2, 0.25) is 0 Å². The summed E-state index contributed by atoms with van der Waals surface area (Å²) in [5.41, 5.74) is -0.0878. The van der Waals surface area contributed by atoms with Crippen LogP contribution >= 0.6 is 0 Å². The molecule has 0 saturated heterocycles. The van der Waals surface area contributed by atoms with E-state index in [1.807, 2.05) is 0 Å². The topological polar surface area (TPSA) is 35.5 Å². The molecule has 0 radical (unpaired) electrons. The standard InChI is InChI=1S/C17H28O3/c1-4-17(5-2,20-15(18)19-3)16-9-12-6-13(10-16)8-14(7-12)11-16/h12-14H,4-11H2,1-3H3. The Labute approximate surface area is 122 Å². The second-order valence-corrected chi connectivity index (χ2v) is 7.46. The van der Waals surface area contributed by atoms with Crippen molar-refractivity contribution in [3.8, 4) is 0 Å². The van der Waals surface area contributed by atoms with Crippen LogP contribution in [0.15, 0.2) is 0 Å². The van der Waals surface area contributed by atoms with Gasteiger partial charge in [0.15, 0.2) is 0 Å². The molecule has 0 aliphatic heterocycles. The molecule has 114 valence electrons. The molecule has 4 rings (SSSR count). The number of ether oxygens (including phenoxy) is 2. The van der Waals surface area contributed by atoms with Crippen LogP contribution in [0.3, 0.4) is 0 Å². The maximum Gasteiger partial charge on any atom is 0.508 e. The van der Waals surface area contributed by atoms with Crippen molar-refractivity contribution >= 4 is 6.16 Å². The van der Waals surface area contributed by atoms with Gasteiger partial charge in [0.25, 0.3) is 0 Å². The van der Waals surface area contributed by atoms with E-state index in [1.54, 1.807) is 0 Å². The second-order valence-electron chi connectivity index (χ2n) is 7.46. The van der Waals surface area contributed by atoms with Crippen LogP contribution in [0.4, 0.5) is 4.79 Å². The lowest BCUT2D eigenvalue weighted by molar-refractivity contribution is -0.189. The molecule has 20 heavy (non-hydrogen) atoms. The van der Waals surface area contributed by atoms with E-state index in [-0.39, 0.29) is 11.0 Å². The minimum absolute atomic E-state index is 0.222. The molecule has 3 nitrogen and oxygen atoms in total. The van der Waals surface area contributed by atoms with Crippen LogP contribution in [0, 0.1) is 23.2 Å². The Morgan fingerprint density at radius 2 is 1.50 bits per heavy atom. The van der Waals surface area contributed by atoms with Crippen molar-refractivity contribution in [3.05, 3.63) is 0 Å². The van der Waals surface area contributed by atoms with Gasteiger partial charge in [0.05, 0.1) is 7.11 Å². The fourth-order valence-corrected chi connectivity index (χ4v) is 6.12. The molecule has 4 aliphatic rings. The van der Waals surface area contributed by atoms with Gasteiger partial charge in [-0.05, 0) is 69.1 Å². The number of hydrogen-bond acceptors (Lipinski definition) is 3. The van der Waals surface area contributed by atoms with Crippen molar-refractivity contribution in [2.24, 2.45) is 23.2 Å². The Hall–Kier alpha value is -0.730. The average Bonchev–Trinajstić information content (AvgIpc) is 2.43. The number of hydrogen-bond donors (Lipinski definition) is 0. The number of carbonyl (C=O) groups is 1. The molecular weight excluding hydrogens is 252 g/mol. The van der Waals surface area contributed by atoms with Crippen LogP contribution in [0.1, 0.15) is 65.2 Å². The fourth-order valence-electron chi connectivity index (χ4n) is 6.12. The normalized spacial score (nSPS) is 38.9. The van der Waals surface area contributed by atoms with Crippen LogP contribution < -0.4 is 0 Å². The second kappa shape index (κ2) is 4.92. The van der Waals surface area contributed by atoms with Gasteiger partial charge in [-0.1, -0.05) is 13.8 Å². The van der Waals surface area contributed by atoms with Crippen molar-refractivity contribution in [2.75, 3.05) is 7.11 Å². The third kappa shape index (κ3) is 1.96. The highest BCUT2D eigenvalue weighted by Gasteiger charge is 2.61. The summed E-state index contributed by atoms with van der Waals surface area (Å²) in [6.07, 6.45) is 9.36. The lowest BCUT2D eigenvalue weighted by Gasteiger charge is -2.62. The predicted octanol–water partition coefficient (Wildman–Crippen LogP) is 4.54. The van der Waals surface area contributed by atoms with E-state index in [4.69, 9.17) is 9.47 Å². The average molecular weight is 280 g/mol. The van der Waals surface area contributed by atoms with E-state index < -0.39 is 6.16 Å². The SMILES string of the molecule is CCC(CC)(OC(=O)OC)C12CC3CC(CC(C3)C1)C2. The summed E-state index contributed by atoms with van der Waals surface area (Å²) in [4.78, 5) is 11.8. The largest absolute Gasteiger partial charge is 0.508 e. The molecule has 0 aromatic carbocycles. The van der Waals surface area contributed by atoms with E-state index in [1.165, 1.54) is 45.6 Å². The maximum atomic E-state index is 11.8. The lowest BCUT2D eigenvalue weighted by Crippen LogP contribution is -2.59. The van der Waals surface area contributed by atoms with Crippen molar-refractivity contribution in [1.82, 2.24) is 0 Å². The molecule has 4 bridgehead atoms. The highest BCUT2D eigenvalue weighted by molar-refractivity contribution is 5.60. The summed E-state index contributed by atoms with van der Waals surface area (Å²) in [6, 6.07) is 0. The Morgan fingerprint density at radius 3 is 1.85 bits per heavy atom. The van der Waals surface area contributed by atoms with Crippen molar-refractivity contribution in [1.29, 1.82) is 0 Å². The van der Waals surface area contributed by atoms with Crippen molar-refractivity contribution in [3.63, 3.8) is 0 Å². The van der Waals surface area contributed by atoms with Crippen molar-refractivity contribution < 1.29 is 14.3 Å². The van der Waals surface area contributed by atoms with Gasteiger partial charge >= 0.3 is 6.16 Å². The van der Waals surface area contributed by atoms with Gasteiger partial charge < -0.3 is 9.47 Å². The van der Waals surface area contributed by atoms with Gasteiger partial charge in [-0.15, -0.1) is 0 Å². The first-order chi connectivity index (χ1) is 9.56. The first kappa shape index (κ1) is 14.2. The van der Waals surface area contributed by atoms with Crippen LogP contribution in [0.2, 0.25) is 0 Å². The fraction of sp³-hybridized carbons (Fsp3) is 0.941. The molecule has 0 unspecified atom stereocenters. The van der Waals surface area contributed by atoms with Gasteiger partial charge in [0, 0.05) is 5.41 Å². The molecule has 4 aliphatic carbocycles. The zero-order valence-corrected chi connectivity index (χ0v) is 13.1. The quantitative estimate of drug-likeness (QED) is 0.709. The van der Waals surface area contributed by atoms with Crippen LogP contribution in [0.25, 0.3) is 0 Å². The minimum atomic E-state index is -0.496. The number of rotatable bonds is 4. The Balaban J connectivity index is 1.92. The lowest BCUT2D eigenvalue weighted by atomic mass is 9.44. The number of methoxy groups -OCH3 is 1. The molecule has 0 aromatic rings. The summed E-state index contributed by atoms with van der Waals surface area (Å²) in [5.74, 6) is 2.62. The number of carbonyl (C=O) groups excluding carboxylic acids is 1. The smallest absolute Gasteiger partial charge is 0.438 e. The summed E-state index contributed by atoms with van der Waals surface area (Å²) < 4.78 is 10.7. The summed E-state index contributed by atoms with van der Waals surface area (Å²) in [6.45, 7) is 4.34. The van der Waals surface area contributed by atoms with Crippen LogP contribution in [-0.2, 0) is 9.47 Å². The van der Waals surface area contributed by atoms with E-state index in [9.17, 15) is 4.79 Å². The third-order valence-electron chi connectivity index (χ3n) is 6.59. The zero-order chi connectivity index (χ0) is 14.4. The molecule has 3 heteroatoms. The van der Waals surface area contributed by atoms with E-state index in [2.05, 4.69) is 13.8 Å². The Kier molecular flexibility index (Phi) is 3.50. The highest BCUT2D eigenvalue weighted by atomic mass is 16.7. The Morgan fingerprint density at radius 1 is 1.05 bits per heavy atom. The first-order valence-electron chi connectivity index (χ1n) is 8.33. The predicted molar refractivity (Wildman–Crippen MR) is 77.4 cm³/mol. The van der Waals surface area contributed by atoms with Crippen molar-refractivity contribution in [2.45, 2.75) is 70.8 Å². The molecule has 4 saturated carbocycles. The monoisotopic (exact) mass is 280 g/mol. The molecule has 0 atom stereocenters. The molecule has 0 heterocycles. The molecule has 0 N–H and O–H groups in total. The maximum absolute atomic E-state index is 11.8. The summed E-state index contributed by atoms with van der Waals surface area (Å²) in [7, 11) is 1.41. The minimum Gasteiger partial charge on any atom is -0.438 e.